The summed E-state index contributed by atoms with van der Waals surface area (Å²) in [5, 5.41) is 4.78. The van der Waals surface area contributed by atoms with Crippen molar-refractivity contribution in [1.82, 2.24) is 9.88 Å². The second-order valence-electron chi connectivity index (χ2n) is 4.57. The summed E-state index contributed by atoms with van der Waals surface area (Å²) in [5.74, 6) is 0. The van der Waals surface area contributed by atoms with Gasteiger partial charge in [-0.05, 0) is 41.4 Å². The van der Waals surface area contributed by atoms with E-state index < -0.39 is 0 Å². The third-order valence-corrected chi connectivity index (χ3v) is 4.22. The zero-order valence-corrected chi connectivity index (χ0v) is 11.2. The molecule has 2 heterocycles. The molecule has 0 bridgehead atoms. The summed E-state index contributed by atoms with van der Waals surface area (Å²) in [6, 6.07) is 4.54. The van der Waals surface area contributed by atoms with Crippen LogP contribution in [0.3, 0.4) is 0 Å². The van der Waals surface area contributed by atoms with Crippen molar-refractivity contribution in [3.8, 4) is 0 Å². The lowest BCUT2D eigenvalue weighted by Crippen LogP contribution is -2.27. The number of nitrogens with zero attached hydrogens (tertiary/aromatic N) is 1. The predicted octanol–water partition coefficient (Wildman–Crippen LogP) is 3.12. The monoisotopic (exact) mass is 278 g/mol. The van der Waals surface area contributed by atoms with E-state index in [1.807, 2.05) is 0 Å². The van der Waals surface area contributed by atoms with Crippen LogP contribution in [0.1, 0.15) is 16.8 Å². The Morgan fingerprint density at radius 3 is 2.94 bits per heavy atom. The van der Waals surface area contributed by atoms with E-state index in [4.69, 9.17) is 0 Å². The lowest BCUT2D eigenvalue weighted by molar-refractivity contribution is 0.524. The van der Waals surface area contributed by atoms with E-state index in [0.717, 1.165) is 19.6 Å². The van der Waals surface area contributed by atoms with E-state index in [1.165, 1.54) is 32.2 Å². The molecular weight excluding hydrogens is 264 g/mol. The Balaban J connectivity index is 2.44. The highest BCUT2D eigenvalue weighted by Gasteiger charge is 2.19. The molecular formula is C13H15BrN2. The van der Waals surface area contributed by atoms with E-state index in [-0.39, 0.29) is 0 Å². The number of aromatic nitrogens is 1. The Bertz CT molecular complexity index is 569. The van der Waals surface area contributed by atoms with E-state index in [0.29, 0.717) is 0 Å². The Hall–Kier alpha value is -0.800. The second-order valence-corrected chi connectivity index (χ2v) is 5.36. The van der Waals surface area contributed by atoms with Gasteiger partial charge in [0.2, 0.25) is 0 Å². The molecule has 16 heavy (non-hydrogen) atoms. The minimum absolute atomic E-state index is 0.966. The number of aryl methyl sites for hydroxylation is 2. The molecule has 1 aliphatic heterocycles. The van der Waals surface area contributed by atoms with Crippen LogP contribution in [0.25, 0.3) is 10.9 Å². The summed E-state index contributed by atoms with van der Waals surface area (Å²) in [4.78, 5) is 0. The predicted molar refractivity (Wildman–Crippen MR) is 70.8 cm³/mol. The Morgan fingerprint density at radius 2 is 2.12 bits per heavy atom. The highest BCUT2D eigenvalue weighted by atomic mass is 79.9. The van der Waals surface area contributed by atoms with E-state index in [2.05, 4.69) is 51.8 Å². The van der Waals surface area contributed by atoms with Gasteiger partial charge in [0.15, 0.2) is 0 Å². The first-order valence-corrected chi connectivity index (χ1v) is 6.46. The molecule has 0 radical (unpaired) electrons. The maximum absolute atomic E-state index is 3.75. The van der Waals surface area contributed by atoms with Crippen molar-refractivity contribution in [2.45, 2.75) is 26.9 Å². The first kappa shape index (κ1) is 10.4. The number of hydrogen-bond donors (Lipinski definition) is 1. The minimum atomic E-state index is 0.966. The Morgan fingerprint density at radius 1 is 1.31 bits per heavy atom. The zero-order valence-electron chi connectivity index (χ0n) is 9.60. The highest BCUT2D eigenvalue weighted by molar-refractivity contribution is 9.10. The van der Waals surface area contributed by atoms with E-state index in [1.54, 1.807) is 0 Å². The van der Waals surface area contributed by atoms with E-state index in [9.17, 15) is 0 Å². The molecule has 1 N–H and O–H groups in total. The average Bonchev–Trinajstić information content (AvgIpc) is 2.54. The Labute approximate surface area is 104 Å². The first-order chi connectivity index (χ1) is 7.68. The second kappa shape index (κ2) is 3.60. The third-order valence-electron chi connectivity index (χ3n) is 3.34. The van der Waals surface area contributed by atoms with Crippen molar-refractivity contribution in [2.75, 3.05) is 6.54 Å². The third kappa shape index (κ3) is 1.35. The van der Waals surface area contributed by atoms with Gasteiger partial charge < -0.3 is 9.88 Å². The molecule has 1 aromatic heterocycles. The fourth-order valence-electron chi connectivity index (χ4n) is 2.71. The van der Waals surface area contributed by atoms with Crippen molar-refractivity contribution in [3.63, 3.8) is 0 Å². The Kier molecular flexibility index (Phi) is 2.33. The number of benzene rings is 1. The molecule has 84 valence electrons. The molecule has 0 spiro atoms. The van der Waals surface area contributed by atoms with Crippen LogP contribution in [0.2, 0.25) is 0 Å². The molecule has 0 amide bonds. The topological polar surface area (TPSA) is 17.0 Å². The summed E-state index contributed by atoms with van der Waals surface area (Å²) < 4.78 is 3.71. The van der Waals surface area contributed by atoms with Gasteiger partial charge in [0.1, 0.15) is 0 Å². The number of halogens is 1. The van der Waals surface area contributed by atoms with Crippen molar-refractivity contribution in [1.29, 1.82) is 0 Å². The smallest absolute Gasteiger partial charge is 0.0525 e. The van der Waals surface area contributed by atoms with Gasteiger partial charge in [0, 0.05) is 35.2 Å². The van der Waals surface area contributed by atoms with Crippen LogP contribution in [0, 0.1) is 13.8 Å². The summed E-state index contributed by atoms with van der Waals surface area (Å²) in [6.45, 7) is 7.47. The molecule has 0 saturated carbocycles. The normalized spacial score (nSPS) is 15.4. The van der Waals surface area contributed by atoms with Gasteiger partial charge in [-0.3, -0.25) is 0 Å². The number of rotatable bonds is 0. The van der Waals surface area contributed by atoms with Gasteiger partial charge in [-0.2, -0.15) is 0 Å². The molecule has 0 fully saturated rings. The molecule has 2 aromatic rings. The van der Waals surface area contributed by atoms with Gasteiger partial charge in [0.25, 0.3) is 0 Å². The molecule has 0 saturated heterocycles. The standard InChI is InChI=1S/C13H15BrN2/c1-8-5-9(2)13-10(6-8)12(14)11-7-15-3-4-16(11)13/h5-6,15H,3-4,7H2,1-2H3. The van der Waals surface area contributed by atoms with Crippen LogP contribution in [0.4, 0.5) is 0 Å². The molecule has 3 rings (SSSR count). The molecule has 2 nitrogen and oxygen atoms in total. The fraction of sp³-hybridized carbons (Fsp3) is 0.385. The van der Waals surface area contributed by atoms with Crippen molar-refractivity contribution in [2.24, 2.45) is 0 Å². The maximum Gasteiger partial charge on any atom is 0.0525 e. The van der Waals surface area contributed by atoms with Crippen LogP contribution in [0.15, 0.2) is 16.6 Å². The SMILES string of the molecule is Cc1cc(C)c2c(c1)c(Br)c1n2CCNC1. The largest absolute Gasteiger partial charge is 0.341 e. The summed E-state index contributed by atoms with van der Waals surface area (Å²) in [5.41, 5.74) is 5.49. The van der Waals surface area contributed by atoms with Crippen LogP contribution in [0.5, 0.6) is 0 Å². The van der Waals surface area contributed by atoms with Crippen LogP contribution < -0.4 is 5.32 Å². The summed E-state index contributed by atoms with van der Waals surface area (Å²) >= 11 is 3.75. The lowest BCUT2D eigenvalue weighted by Gasteiger charge is -2.18. The van der Waals surface area contributed by atoms with Crippen molar-refractivity contribution >= 4 is 26.8 Å². The molecule has 0 unspecified atom stereocenters. The van der Waals surface area contributed by atoms with Gasteiger partial charge in [0.05, 0.1) is 5.52 Å². The van der Waals surface area contributed by atoms with Crippen LogP contribution in [-0.4, -0.2) is 11.1 Å². The average molecular weight is 279 g/mol. The summed E-state index contributed by atoms with van der Waals surface area (Å²) in [7, 11) is 0. The van der Waals surface area contributed by atoms with Gasteiger partial charge in [-0.25, -0.2) is 0 Å². The van der Waals surface area contributed by atoms with E-state index >= 15 is 0 Å². The zero-order chi connectivity index (χ0) is 11.3. The molecule has 0 atom stereocenters. The first-order valence-electron chi connectivity index (χ1n) is 5.67. The van der Waals surface area contributed by atoms with Gasteiger partial charge in [-0.15, -0.1) is 0 Å². The number of fused-ring (bicyclic) bond motifs is 3. The lowest BCUT2D eigenvalue weighted by atomic mass is 10.1. The number of nitrogens with one attached hydrogen (secondary N) is 1. The molecule has 3 heteroatoms. The number of hydrogen-bond acceptors (Lipinski definition) is 1. The molecule has 0 aliphatic carbocycles. The van der Waals surface area contributed by atoms with Crippen LogP contribution in [-0.2, 0) is 13.1 Å². The van der Waals surface area contributed by atoms with Gasteiger partial charge >= 0.3 is 0 Å². The van der Waals surface area contributed by atoms with Crippen molar-refractivity contribution < 1.29 is 0 Å². The minimum Gasteiger partial charge on any atom is -0.341 e. The van der Waals surface area contributed by atoms with Crippen LogP contribution >= 0.6 is 15.9 Å². The van der Waals surface area contributed by atoms with Gasteiger partial charge in [-0.1, -0.05) is 11.6 Å². The maximum atomic E-state index is 3.75. The fourth-order valence-corrected chi connectivity index (χ4v) is 3.37. The quantitative estimate of drug-likeness (QED) is 0.784. The van der Waals surface area contributed by atoms with Crippen molar-refractivity contribution in [3.05, 3.63) is 33.4 Å². The highest BCUT2D eigenvalue weighted by Crippen LogP contribution is 2.34. The summed E-state index contributed by atoms with van der Waals surface area (Å²) in [6.07, 6.45) is 0. The molecule has 1 aromatic carbocycles. The molecule has 1 aliphatic rings.